The molecule has 0 saturated heterocycles. The van der Waals surface area contributed by atoms with Crippen molar-refractivity contribution < 1.29 is 14.6 Å². The van der Waals surface area contributed by atoms with Crippen LogP contribution >= 0.6 is 27.5 Å². The number of aliphatic hydroxyl groups is 2. The summed E-state index contributed by atoms with van der Waals surface area (Å²) in [4.78, 5) is 0. The van der Waals surface area contributed by atoms with Crippen LogP contribution in [0.5, 0.6) is 0 Å². The summed E-state index contributed by atoms with van der Waals surface area (Å²) in [5.74, 6) is -0.487. The average molecular weight is 284 g/mol. The zero-order valence-electron chi connectivity index (χ0n) is 7.12. The molecule has 0 bridgehead atoms. The van der Waals surface area contributed by atoms with Crippen LogP contribution in [0.2, 0.25) is 0 Å². The summed E-state index contributed by atoms with van der Waals surface area (Å²) in [6.07, 6.45) is -2.17. The fraction of sp³-hybridized carbons (Fsp3) is 0.333. The molecule has 0 amide bonds. The Morgan fingerprint density at radius 1 is 1.43 bits per heavy atom. The van der Waals surface area contributed by atoms with Gasteiger partial charge in [-0.15, -0.1) is 11.6 Å². The first-order valence-corrected chi connectivity index (χ1v) is 5.26. The maximum atomic E-state index is 12.7. The van der Waals surface area contributed by atoms with E-state index in [-0.39, 0.29) is 5.88 Å². The van der Waals surface area contributed by atoms with Gasteiger partial charge in [0.1, 0.15) is 11.9 Å². The Hall–Kier alpha value is -0.160. The topological polar surface area (TPSA) is 40.5 Å². The smallest absolute Gasteiger partial charge is 0.124 e. The van der Waals surface area contributed by atoms with Crippen molar-refractivity contribution in [1.29, 1.82) is 0 Å². The lowest BCUT2D eigenvalue weighted by Gasteiger charge is -2.16. The first-order valence-electron chi connectivity index (χ1n) is 3.93. The van der Waals surface area contributed by atoms with Crippen LogP contribution in [-0.4, -0.2) is 22.2 Å². The molecule has 0 aliphatic rings. The van der Waals surface area contributed by atoms with E-state index in [1.165, 1.54) is 18.2 Å². The van der Waals surface area contributed by atoms with Gasteiger partial charge in [0.2, 0.25) is 0 Å². The lowest BCUT2D eigenvalue weighted by atomic mass is 10.1. The van der Waals surface area contributed by atoms with Crippen LogP contribution in [0.4, 0.5) is 4.39 Å². The molecule has 5 heteroatoms. The van der Waals surface area contributed by atoms with Gasteiger partial charge in [-0.25, -0.2) is 4.39 Å². The summed E-state index contributed by atoms with van der Waals surface area (Å²) in [7, 11) is 0. The highest BCUT2D eigenvalue weighted by molar-refractivity contribution is 9.10. The van der Waals surface area contributed by atoms with Gasteiger partial charge < -0.3 is 10.2 Å². The van der Waals surface area contributed by atoms with E-state index in [2.05, 4.69) is 15.9 Å². The molecular weight excluding hydrogens is 274 g/mol. The zero-order chi connectivity index (χ0) is 10.7. The SMILES string of the molecule is OC(CCl)C(O)c1ccc(F)cc1Br. The average Bonchev–Trinajstić information content (AvgIpc) is 2.15. The van der Waals surface area contributed by atoms with Gasteiger partial charge in [-0.3, -0.25) is 0 Å². The van der Waals surface area contributed by atoms with Gasteiger partial charge >= 0.3 is 0 Å². The Morgan fingerprint density at radius 2 is 2.07 bits per heavy atom. The van der Waals surface area contributed by atoms with Crippen molar-refractivity contribution in [3.8, 4) is 0 Å². The second kappa shape index (κ2) is 5.07. The summed E-state index contributed by atoms with van der Waals surface area (Å²) in [5, 5.41) is 18.9. The lowest BCUT2D eigenvalue weighted by molar-refractivity contribution is 0.0322. The Kier molecular flexibility index (Phi) is 4.31. The number of benzene rings is 1. The van der Waals surface area contributed by atoms with E-state index in [0.29, 0.717) is 10.0 Å². The highest BCUT2D eigenvalue weighted by Gasteiger charge is 2.19. The third kappa shape index (κ3) is 2.67. The molecule has 2 unspecified atom stereocenters. The monoisotopic (exact) mass is 282 g/mol. The largest absolute Gasteiger partial charge is 0.389 e. The molecule has 0 saturated carbocycles. The minimum absolute atomic E-state index is 0.0784. The molecule has 0 aromatic heterocycles. The van der Waals surface area contributed by atoms with Crippen LogP contribution in [0.1, 0.15) is 11.7 Å². The molecule has 0 heterocycles. The number of aliphatic hydroxyl groups excluding tert-OH is 2. The number of hydrogen-bond donors (Lipinski definition) is 2. The van der Waals surface area contributed by atoms with E-state index in [1.54, 1.807) is 0 Å². The molecule has 2 nitrogen and oxygen atoms in total. The molecule has 14 heavy (non-hydrogen) atoms. The van der Waals surface area contributed by atoms with Crippen molar-refractivity contribution in [2.45, 2.75) is 12.2 Å². The standard InChI is InChI=1S/C9H9BrClFO2/c10-7-3-5(12)1-2-6(7)9(14)8(13)4-11/h1-3,8-9,13-14H,4H2. The molecule has 0 fully saturated rings. The fourth-order valence-corrected chi connectivity index (χ4v) is 1.79. The summed E-state index contributed by atoms with van der Waals surface area (Å²) < 4.78 is 13.1. The predicted molar refractivity (Wildman–Crippen MR) is 55.8 cm³/mol. The van der Waals surface area contributed by atoms with Crippen LogP contribution in [0.25, 0.3) is 0 Å². The lowest BCUT2D eigenvalue weighted by Crippen LogP contribution is -2.20. The van der Waals surface area contributed by atoms with Crippen LogP contribution in [0.15, 0.2) is 22.7 Å². The van der Waals surface area contributed by atoms with E-state index in [9.17, 15) is 14.6 Å². The minimum Gasteiger partial charge on any atom is -0.389 e. The Labute approximate surface area is 94.5 Å². The van der Waals surface area contributed by atoms with E-state index in [1.807, 2.05) is 0 Å². The third-order valence-corrected chi connectivity index (χ3v) is 2.81. The van der Waals surface area contributed by atoms with E-state index < -0.39 is 18.0 Å². The van der Waals surface area contributed by atoms with Crippen molar-refractivity contribution in [2.75, 3.05) is 5.88 Å². The molecule has 0 radical (unpaired) electrons. The van der Waals surface area contributed by atoms with E-state index in [4.69, 9.17) is 11.6 Å². The van der Waals surface area contributed by atoms with Crippen LogP contribution in [0.3, 0.4) is 0 Å². The third-order valence-electron chi connectivity index (χ3n) is 1.80. The van der Waals surface area contributed by atoms with E-state index >= 15 is 0 Å². The van der Waals surface area contributed by atoms with Crippen molar-refractivity contribution in [2.24, 2.45) is 0 Å². The summed E-state index contributed by atoms with van der Waals surface area (Å²) >= 11 is 8.47. The van der Waals surface area contributed by atoms with Gasteiger partial charge in [0.25, 0.3) is 0 Å². The van der Waals surface area contributed by atoms with Gasteiger partial charge in [0.15, 0.2) is 0 Å². The summed E-state index contributed by atoms with van der Waals surface area (Å²) in [6.45, 7) is 0. The van der Waals surface area contributed by atoms with Crippen molar-refractivity contribution in [3.05, 3.63) is 34.1 Å². The molecular formula is C9H9BrClFO2. The predicted octanol–water partition coefficient (Wildman–Crippen LogP) is 2.22. The van der Waals surface area contributed by atoms with Gasteiger partial charge in [0.05, 0.1) is 12.0 Å². The summed E-state index contributed by atoms with van der Waals surface area (Å²) in [6, 6.07) is 3.84. The maximum absolute atomic E-state index is 12.7. The molecule has 0 aliphatic heterocycles. The molecule has 2 atom stereocenters. The molecule has 1 aromatic rings. The van der Waals surface area contributed by atoms with Gasteiger partial charge in [-0.2, -0.15) is 0 Å². The Bertz CT molecular complexity index is 322. The minimum atomic E-state index is -1.11. The first kappa shape index (κ1) is 11.9. The van der Waals surface area contributed by atoms with E-state index in [0.717, 1.165) is 0 Å². The van der Waals surface area contributed by atoms with Crippen LogP contribution in [-0.2, 0) is 0 Å². The number of rotatable bonds is 3. The molecule has 0 spiro atoms. The zero-order valence-corrected chi connectivity index (χ0v) is 9.46. The second-order valence-corrected chi connectivity index (χ2v) is 4.00. The highest BCUT2D eigenvalue weighted by atomic mass is 79.9. The molecule has 1 aromatic carbocycles. The highest BCUT2D eigenvalue weighted by Crippen LogP contribution is 2.26. The molecule has 2 N–H and O–H groups in total. The fourth-order valence-electron chi connectivity index (χ4n) is 1.03. The Morgan fingerprint density at radius 3 is 2.57 bits per heavy atom. The number of alkyl halides is 1. The van der Waals surface area contributed by atoms with Crippen molar-refractivity contribution >= 4 is 27.5 Å². The summed E-state index contributed by atoms with van der Waals surface area (Å²) in [5.41, 5.74) is 0.416. The normalized spacial score (nSPS) is 15.2. The van der Waals surface area contributed by atoms with Crippen molar-refractivity contribution in [1.82, 2.24) is 0 Å². The molecule has 0 aliphatic carbocycles. The van der Waals surface area contributed by atoms with Crippen LogP contribution in [0, 0.1) is 5.82 Å². The maximum Gasteiger partial charge on any atom is 0.124 e. The molecule has 1 rings (SSSR count). The van der Waals surface area contributed by atoms with Crippen LogP contribution < -0.4 is 0 Å². The Balaban J connectivity index is 2.95. The van der Waals surface area contributed by atoms with Crippen molar-refractivity contribution in [3.63, 3.8) is 0 Å². The second-order valence-electron chi connectivity index (χ2n) is 2.83. The van der Waals surface area contributed by atoms with Gasteiger partial charge in [0, 0.05) is 4.47 Å². The quantitative estimate of drug-likeness (QED) is 0.835. The van der Waals surface area contributed by atoms with Gasteiger partial charge in [-0.05, 0) is 17.7 Å². The number of halogens is 3. The number of hydrogen-bond acceptors (Lipinski definition) is 2. The first-order chi connectivity index (χ1) is 6.56. The molecule has 78 valence electrons. The van der Waals surface area contributed by atoms with Gasteiger partial charge in [-0.1, -0.05) is 22.0 Å².